The standard InChI is InChI=1S/C12H16N4S/c1-3-11-8-16-12(17-11)9(2)15-7-10-6-13-4-5-14-10/h4-6,8-9,15H,3,7H2,1-2H3. The van der Waals surface area contributed by atoms with Gasteiger partial charge in [-0.25, -0.2) is 4.98 Å². The largest absolute Gasteiger partial charge is 0.302 e. The minimum Gasteiger partial charge on any atom is -0.302 e. The van der Waals surface area contributed by atoms with E-state index in [4.69, 9.17) is 0 Å². The van der Waals surface area contributed by atoms with Gasteiger partial charge >= 0.3 is 0 Å². The first-order valence-corrected chi connectivity index (χ1v) is 6.54. The van der Waals surface area contributed by atoms with Crippen molar-refractivity contribution in [2.75, 3.05) is 0 Å². The van der Waals surface area contributed by atoms with Gasteiger partial charge in [0.1, 0.15) is 5.01 Å². The Morgan fingerprint density at radius 1 is 1.29 bits per heavy atom. The van der Waals surface area contributed by atoms with E-state index in [9.17, 15) is 0 Å². The highest BCUT2D eigenvalue weighted by Gasteiger charge is 2.09. The van der Waals surface area contributed by atoms with Crippen LogP contribution < -0.4 is 5.32 Å². The van der Waals surface area contributed by atoms with Crippen LogP contribution in [0.2, 0.25) is 0 Å². The van der Waals surface area contributed by atoms with E-state index in [1.165, 1.54) is 4.88 Å². The predicted molar refractivity (Wildman–Crippen MR) is 68.8 cm³/mol. The third kappa shape index (κ3) is 3.31. The van der Waals surface area contributed by atoms with Gasteiger partial charge in [-0.2, -0.15) is 0 Å². The fraction of sp³-hybridized carbons (Fsp3) is 0.417. The lowest BCUT2D eigenvalue weighted by atomic mass is 10.3. The molecule has 1 unspecified atom stereocenters. The van der Waals surface area contributed by atoms with E-state index in [1.807, 2.05) is 6.20 Å². The van der Waals surface area contributed by atoms with Crippen molar-refractivity contribution < 1.29 is 0 Å². The number of nitrogens with one attached hydrogen (secondary N) is 1. The van der Waals surface area contributed by atoms with Crippen molar-refractivity contribution in [3.63, 3.8) is 0 Å². The number of rotatable bonds is 5. The number of aryl methyl sites for hydroxylation is 1. The summed E-state index contributed by atoms with van der Waals surface area (Å²) in [4.78, 5) is 14.0. The molecule has 0 saturated carbocycles. The molecule has 2 aromatic rings. The van der Waals surface area contributed by atoms with Crippen LogP contribution in [0, 0.1) is 0 Å². The molecule has 1 N–H and O–H groups in total. The van der Waals surface area contributed by atoms with E-state index >= 15 is 0 Å². The molecule has 0 aromatic carbocycles. The van der Waals surface area contributed by atoms with Gasteiger partial charge in [0.05, 0.1) is 11.7 Å². The van der Waals surface area contributed by atoms with E-state index in [-0.39, 0.29) is 6.04 Å². The highest BCUT2D eigenvalue weighted by molar-refractivity contribution is 7.11. The summed E-state index contributed by atoms with van der Waals surface area (Å²) in [6.07, 6.45) is 8.18. The molecule has 0 fully saturated rings. The maximum absolute atomic E-state index is 4.42. The molecule has 5 heteroatoms. The Balaban J connectivity index is 1.91. The summed E-state index contributed by atoms with van der Waals surface area (Å²) in [7, 11) is 0. The second kappa shape index (κ2) is 5.84. The van der Waals surface area contributed by atoms with Crippen molar-refractivity contribution in [3.05, 3.63) is 40.4 Å². The highest BCUT2D eigenvalue weighted by atomic mass is 32.1. The zero-order valence-electron chi connectivity index (χ0n) is 10.1. The molecule has 2 rings (SSSR count). The molecule has 1 atom stereocenters. The molecule has 17 heavy (non-hydrogen) atoms. The molecule has 0 bridgehead atoms. The van der Waals surface area contributed by atoms with Crippen LogP contribution in [-0.4, -0.2) is 15.0 Å². The first-order valence-electron chi connectivity index (χ1n) is 5.72. The lowest BCUT2D eigenvalue weighted by molar-refractivity contribution is 0.564. The number of aromatic nitrogens is 3. The van der Waals surface area contributed by atoms with Crippen molar-refractivity contribution in [1.82, 2.24) is 20.3 Å². The van der Waals surface area contributed by atoms with E-state index in [0.717, 1.165) is 23.7 Å². The minimum atomic E-state index is 0.252. The van der Waals surface area contributed by atoms with Gasteiger partial charge in [0.2, 0.25) is 0 Å². The topological polar surface area (TPSA) is 50.7 Å². The smallest absolute Gasteiger partial charge is 0.109 e. The molecule has 0 radical (unpaired) electrons. The van der Waals surface area contributed by atoms with Crippen LogP contribution in [-0.2, 0) is 13.0 Å². The Morgan fingerprint density at radius 2 is 2.18 bits per heavy atom. The monoisotopic (exact) mass is 248 g/mol. The average molecular weight is 248 g/mol. The maximum Gasteiger partial charge on any atom is 0.109 e. The molecule has 0 aliphatic rings. The molecular formula is C12H16N4S. The molecule has 0 amide bonds. The zero-order chi connectivity index (χ0) is 12.1. The van der Waals surface area contributed by atoms with Crippen molar-refractivity contribution in [2.45, 2.75) is 32.9 Å². The predicted octanol–water partition coefficient (Wildman–Crippen LogP) is 2.35. The lowest BCUT2D eigenvalue weighted by Crippen LogP contribution is -2.18. The Kier molecular flexibility index (Phi) is 4.17. The third-order valence-corrected chi connectivity index (χ3v) is 3.82. The second-order valence-corrected chi connectivity index (χ2v) is 4.96. The fourth-order valence-electron chi connectivity index (χ4n) is 1.45. The molecule has 0 saturated heterocycles. The summed E-state index contributed by atoms with van der Waals surface area (Å²) >= 11 is 1.77. The van der Waals surface area contributed by atoms with Crippen LogP contribution in [0.15, 0.2) is 24.8 Å². The van der Waals surface area contributed by atoms with E-state index in [0.29, 0.717) is 0 Å². The molecular weight excluding hydrogens is 232 g/mol. The number of hydrogen-bond donors (Lipinski definition) is 1. The SMILES string of the molecule is CCc1cnc(C(C)NCc2cnccn2)s1. The van der Waals surface area contributed by atoms with Gasteiger partial charge in [0, 0.05) is 36.2 Å². The van der Waals surface area contributed by atoms with Crippen molar-refractivity contribution in [2.24, 2.45) is 0 Å². The number of hydrogen-bond acceptors (Lipinski definition) is 5. The van der Waals surface area contributed by atoms with Crippen LogP contribution in [0.5, 0.6) is 0 Å². The summed E-state index contributed by atoms with van der Waals surface area (Å²) < 4.78 is 0. The highest BCUT2D eigenvalue weighted by Crippen LogP contribution is 2.20. The molecule has 0 aliphatic carbocycles. The third-order valence-electron chi connectivity index (χ3n) is 2.50. The quantitative estimate of drug-likeness (QED) is 0.882. The van der Waals surface area contributed by atoms with Gasteiger partial charge in [0.25, 0.3) is 0 Å². The first kappa shape index (κ1) is 12.1. The van der Waals surface area contributed by atoms with Crippen molar-refractivity contribution in [1.29, 1.82) is 0 Å². The summed E-state index contributed by atoms with van der Waals surface area (Å²) in [5, 5.41) is 4.53. The van der Waals surface area contributed by atoms with Gasteiger partial charge in [-0.15, -0.1) is 11.3 Å². The second-order valence-electron chi connectivity index (χ2n) is 3.82. The molecule has 0 aliphatic heterocycles. The van der Waals surface area contributed by atoms with Gasteiger partial charge in [-0.1, -0.05) is 6.92 Å². The molecule has 2 heterocycles. The van der Waals surface area contributed by atoms with Gasteiger partial charge in [0.15, 0.2) is 0 Å². The summed E-state index contributed by atoms with van der Waals surface area (Å²) in [6, 6.07) is 0.252. The lowest BCUT2D eigenvalue weighted by Gasteiger charge is -2.09. The van der Waals surface area contributed by atoms with Crippen molar-refractivity contribution in [3.8, 4) is 0 Å². The van der Waals surface area contributed by atoms with Gasteiger partial charge in [-0.3, -0.25) is 9.97 Å². The van der Waals surface area contributed by atoms with Crippen LogP contribution >= 0.6 is 11.3 Å². The van der Waals surface area contributed by atoms with Crippen LogP contribution in [0.1, 0.15) is 35.5 Å². The average Bonchev–Trinajstić information content (AvgIpc) is 2.86. The van der Waals surface area contributed by atoms with Gasteiger partial charge in [-0.05, 0) is 13.3 Å². The fourth-order valence-corrected chi connectivity index (χ4v) is 2.34. The van der Waals surface area contributed by atoms with E-state index in [1.54, 1.807) is 29.9 Å². The van der Waals surface area contributed by atoms with E-state index in [2.05, 4.69) is 34.1 Å². The Labute approximate surface area is 105 Å². The minimum absolute atomic E-state index is 0.252. The Morgan fingerprint density at radius 3 is 2.82 bits per heavy atom. The summed E-state index contributed by atoms with van der Waals surface area (Å²) in [5.74, 6) is 0. The van der Waals surface area contributed by atoms with Crippen LogP contribution in [0.25, 0.3) is 0 Å². The van der Waals surface area contributed by atoms with Crippen LogP contribution in [0.4, 0.5) is 0 Å². The zero-order valence-corrected chi connectivity index (χ0v) is 10.9. The normalized spacial score (nSPS) is 12.6. The van der Waals surface area contributed by atoms with Crippen LogP contribution in [0.3, 0.4) is 0 Å². The van der Waals surface area contributed by atoms with E-state index < -0.39 is 0 Å². The Bertz CT molecular complexity index is 455. The van der Waals surface area contributed by atoms with Gasteiger partial charge < -0.3 is 5.32 Å². The molecule has 0 spiro atoms. The summed E-state index contributed by atoms with van der Waals surface area (Å²) in [5.41, 5.74) is 0.951. The maximum atomic E-state index is 4.42. The molecule has 90 valence electrons. The first-order chi connectivity index (χ1) is 8.29. The Hall–Kier alpha value is -1.33. The number of thiazole rings is 1. The number of nitrogens with zero attached hydrogens (tertiary/aromatic N) is 3. The summed E-state index contributed by atoms with van der Waals surface area (Å²) in [6.45, 7) is 4.99. The van der Waals surface area contributed by atoms with Crippen molar-refractivity contribution >= 4 is 11.3 Å². The molecule has 4 nitrogen and oxygen atoms in total. The molecule has 2 aromatic heterocycles.